The molecule has 1 aromatic carbocycles. The normalized spacial score (nSPS) is 11.3. The van der Waals surface area contributed by atoms with Gasteiger partial charge in [-0.15, -0.1) is 11.3 Å². The first-order valence-electron chi connectivity index (χ1n) is 7.51. The van der Waals surface area contributed by atoms with Crippen LogP contribution in [-0.4, -0.2) is 25.4 Å². The molecule has 4 rings (SSSR count). The lowest BCUT2D eigenvalue weighted by atomic mass is 10.2. The molecule has 132 valence electrons. The summed E-state index contributed by atoms with van der Waals surface area (Å²) in [5.74, 6) is -0.864. The zero-order valence-electron chi connectivity index (χ0n) is 13.1. The molecule has 0 atom stereocenters. The minimum absolute atomic E-state index is 0.0660. The monoisotopic (exact) mass is 375 g/mol. The van der Waals surface area contributed by atoms with Crippen molar-refractivity contribution in [1.82, 2.24) is 19.5 Å². The van der Waals surface area contributed by atoms with E-state index in [-0.39, 0.29) is 18.2 Å². The van der Waals surface area contributed by atoms with Crippen molar-refractivity contribution in [3.63, 3.8) is 0 Å². The Labute approximate surface area is 149 Å². The summed E-state index contributed by atoms with van der Waals surface area (Å²) in [5, 5.41) is 8.19. The van der Waals surface area contributed by atoms with E-state index >= 15 is 0 Å². The number of aromatic nitrogens is 4. The van der Waals surface area contributed by atoms with Crippen molar-refractivity contribution in [1.29, 1.82) is 0 Å². The second-order valence-corrected chi connectivity index (χ2v) is 6.26. The van der Waals surface area contributed by atoms with Crippen molar-refractivity contribution in [2.75, 3.05) is 5.32 Å². The lowest BCUT2D eigenvalue weighted by molar-refractivity contribution is -0.115. The third-order valence-electron chi connectivity index (χ3n) is 3.54. The number of hydrogen-bond acceptors (Lipinski definition) is 6. The molecule has 0 saturated heterocycles. The summed E-state index contributed by atoms with van der Waals surface area (Å²) in [6, 6.07) is 6.50. The van der Waals surface area contributed by atoms with E-state index in [0.717, 1.165) is 4.96 Å². The molecular weight excluding hydrogens is 364 g/mol. The standard InChI is InChI=1S/C16H11F2N5O2S/c17-13(18)15-21-14(22-25-15)9-1-3-10(4-2-9)19-12(24)7-11-8-23-5-6-26-16(23)20-11/h1-6,8,13H,7H2,(H,19,24). The largest absolute Gasteiger partial charge is 0.333 e. The third kappa shape index (κ3) is 3.31. The summed E-state index contributed by atoms with van der Waals surface area (Å²) in [5.41, 5.74) is 1.75. The maximum absolute atomic E-state index is 12.5. The van der Waals surface area contributed by atoms with Crippen LogP contribution < -0.4 is 5.32 Å². The van der Waals surface area contributed by atoms with Crippen molar-refractivity contribution in [3.05, 3.63) is 53.6 Å². The fourth-order valence-corrected chi connectivity index (χ4v) is 3.09. The molecule has 3 aromatic heterocycles. The van der Waals surface area contributed by atoms with Crippen molar-refractivity contribution in [2.45, 2.75) is 12.8 Å². The maximum atomic E-state index is 12.5. The number of alkyl halides is 2. The summed E-state index contributed by atoms with van der Waals surface area (Å²) in [7, 11) is 0. The highest BCUT2D eigenvalue weighted by molar-refractivity contribution is 7.15. The Morgan fingerprint density at radius 1 is 1.27 bits per heavy atom. The number of benzene rings is 1. The van der Waals surface area contributed by atoms with Gasteiger partial charge in [0.2, 0.25) is 11.7 Å². The molecule has 1 amide bonds. The predicted octanol–water partition coefficient (Wildman–Crippen LogP) is 3.56. The van der Waals surface area contributed by atoms with E-state index in [1.54, 1.807) is 24.3 Å². The van der Waals surface area contributed by atoms with E-state index in [2.05, 4.69) is 25.0 Å². The number of thiazole rings is 1. The van der Waals surface area contributed by atoms with E-state index in [1.165, 1.54) is 11.3 Å². The molecule has 0 radical (unpaired) electrons. The molecule has 0 aliphatic rings. The highest BCUT2D eigenvalue weighted by Crippen LogP contribution is 2.22. The maximum Gasteiger partial charge on any atom is 0.315 e. The van der Waals surface area contributed by atoms with Crippen LogP contribution in [0.4, 0.5) is 14.5 Å². The second-order valence-electron chi connectivity index (χ2n) is 5.38. The number of carbonyl (C=O) groups excluding carboxylic acids is 1. The molecule has 4 aromatic rings. The Kier molecular flexibility index (Phi) is 4.17. The summed E-state index contributed by atoms with van der Waals surface area (Å²) < 4.78 is 31.3. The van der Waals surface area contributed by atoms with Gasteiger partial charge in [-0.25, -0.2) is 4.98 Å². The van der Waals surface area contributed by atoms with Crippen LogP contribution in [0.15, 0.2) is 46.6 Å². The van der Waals surface area contributed by atoms with Crippen molar-refractivity contribution >= 4 is 27.9 Å². The van der Waals surface area contributed by atoms with Gasteiger partial charge in [0.05, 0.1) is 12.1 Å². The SMILES string of the molecule is O=C(Cc1cn2ccsc2n1)Nc1ccc(-c2noc(C(F)F)n2)cc1. The molecule has 0 unspecified atom stereocenters. The van der Waals surface area contributed by atoms with E-state index < -0.39 is 12.3 Å². The summed E-state index contributed by atoms with van der Waals surface area (Å²) in [6.07, 6.45) is 1.03. The van der Waals surface area contributed by atoms with Gasteiger partial charge in [-0.3, -0.25) is 9.20 Å². The van der Waals surface area contributed by atoms with Gasteiger partial charge in [0.25, 0.3) is 5.89 Å². The number of halogens is 2. The Morgan fingerprint density at radius 2 is 2.08 bits per heavy atom. The summed E-state index contributed by atoms with van der Waals surface area (Å²) >= 11 is 1.50. The minimum Gasteiger partial charge on any atom is -0.333 e. The summed E-state index contributed by atoms with van der Waals surface area (Å²) in [4.78, 5) is 20.9. The number of rotatable bonds is 5. The van der Waals surface area contributed by atoms with Crippen molar-refractivity contribution in [2.24, 2.45) is 0 Å². The van der Waals surface area contributed by atoms with Gasteiger partial charge in [-0.1, -0.05) is 5.16 Å². The Bertz CT molecular complexity index is 1030. The smallest absolute Gasteiger partial charge is 0.315 e. The van der Waals surface area contributed by atoms with E-state index in [1.807, 2.05) is 22.2 Å². The molecule has 10 heteroatoms. The number of nitrogens with zero attached hydrogens (tertiary/aromatic N) is 4. The molecular formula is C16H11F2N5O2S. The highest BCUT2D eigenvalue weighted by atomic mass is 32.1. The zero-order chi connectivity index (χ0) is 18.1. The molecule has 0 bridgehead atoms. The Balaban J connectivity index is 1.41. The third-order valence-corrected chi connectivity index (χ3v) is 4.31. The van der Waals surface area contributed by atoms with Crippen LogP contribution in [0.5, 0.6) is 0 Å². The van der Waals surface area contributed by atoms with Gasteiger partial charge in [0, 0.05) is 29.0 Å². The van der Waals surface area contributed by atoms with Crippen LogP contribution in [0.2, 0.25) is 0 Å². The van der Waals surface area contributed by atoms with Crippen LogP contribution in [-0.2, 0) is 11.2 Å². The molecule has 0 aliphatic carbocycles. The summed E-state index contributed by atoms with van der Waals surface area (Å²) in [6.45, 7) is 0. The molecule has 0 aliphatic heterocycles. The number of carbonyl (C=O) groups is 1. The molecule has 0 fully saturated rings. The minimum atomic E-state index is -2.81. The fourth-order valence-electron chi connectivity index (χ4n) is 2.37. The number of hydrogen-bond donors (Lipinski definition) is 1. The Morgan fingerprint density at radius 3 is 2.77 bits per heavy atom. The lowest BCUT2D eigenvalue weighted by Crippen LogP contribution is -2.14. The van der Waals surface area contributed by atoms with Crippen LogP contribution >= 0.6 is 11.3 Å². The van der Waals surface area contributed by atoms with Gasteiger partial charge >= 0.3 is 6.43 Å². The molecule has 0 saturated carbocycles. The molecule has 7 nitrogen and oxygen atoms in total. The van der Waals surface area contributed by atoms with E-state index in [9.17, 15) is 13.6 Å². The number of anilines is 1. The number of imidazole rings is 1. The first-order chi connectivity index (χ1) is 12.6. The predicted molar refractivity (Wildman–Crippen MR) is 90.1 cm³/mol. The van der Waals surface area contributed by atoms with E-state index in [0.29, 0.717) is 16.9 Å². The number of fused-ring (bicyclic) bond motifs is 1. The number of nitrogens with one attached hydrogen (secondary N) is 1. The fraction of sp³-hybridized carbons (Fsp3) is 0.125. The van der Waals surface area contributed by atoms with Crippen LogP contribution in [0.1, 0.15) is 18.0 Å². The van der Waals surface area contributed by atoms with Crippen LogP contribution in [0, 0.1) is 0 Å². The molecule has 3 heterocycles. The number of amides is 1. The van der Waals surface area contributed by atoms with Gasteiger partial charge in [-0.05, 0) is 24.3 Å². The van der Waals surface area contributed by atoms with E-state index in [4.69, 9.17) is 0 Å². The van der Waals surface area contributed by atoms with Crippen LogP contribution in [0.25, 0.3) is 16.3 Å². The average molecular weight is 375 g/mol. The zero-order valence-corrected chi connectivity index (χ0v) is 13.9. The first-order valence-corrected chi connectivity index (χ1v) is 8.39. The second kappa shape index (κ2) is 6.64. The van der Waals surface area contributed by atoms with Gasteiger partial charge in [0.1, 0.15) is 0 Å². The molecule has 26 heavy (non-hydrogen) atoms. The quantitative estimate of drug-likeness (QED) is 0.576. The first kappa shape index (κ1) is 16.3. The Hall–Kier alpha value is -3.14. The van der Waals surface area contributed by atoms with Gasteiger partial charge in [-0.2, -0.15) is 13.8 Å². The lowest BCUT2D eigenvalue weighted by Gasteiger charge is -2.04. The highest BCUT2D eigenvalue weighted by Gasteiger charge is 2.17. The molecule has 0 spiro atoms. The van der Waals surface area contributed by atoms with Crippen molar-refractivity contribution < 1.29 is 18.1 Å². The van der Waals surface area contributed by atoms with Gasteiger partial charge < -0.3 is 9.84 Å². The molecule has 1 N–H and O–H groups in total. The average Bonchev–Trinajstić information content (AvgIpc) is 3.30. The van der Waals surface area contributed by atoms with Gasteiger partial charge in [0.15, 0.2) is 4.96 Å². The van der Waals surface area contributed by atoms with Crippen molar-refractivity contribution in [3.8, 4) is 11.4 Å². The van der Waals surface area contributed by atoms with Crippen LogP contribution in [0.3, 0.4) is 0 Å². The topological polar surface area (TPSA) is 85.3 Å².